The molecule has 0 saturated carbocycles. The van der Waals surface area contributed by atoms with Gasteiger partial charge in [0.05, 0.1) is 45.3 Å². The molecule has 1 aliphatic heterocycles. The van der Waals surface area contributed by atoms with Gasteiger partial charge in [-0.3, -0.25) is 33.3 Å². The number of rotatable bonds is 23. The van der Waals surface area contributed by atoms with Gasteiger partial charge in [0, 0.05) is 32.0 Å². The smallest absolute Gasteiger partial charge is 0.394 e. The van der Waals surface area contributed by atoms with Crippen LogP contribution in [-0.2, 0) is 53.8 Å². The number of ether oxygens (including phenoxy) is 2. The van der Waals surface area contributed by atoms with Crippen molar-refractivity contribution in [3.05, 3.63) is 18.2 Å². The zero-order chi connectivity index (χ0) is 39.0. The second-order valence-corrected chi connectivity index (χ2v) is 13.8. The van der Waals surface area contributed by atoms with Crippen LogP contribution in [0.2, 0.25) is 0 Å². The molecule has 2 heterocycles. The van der Waals surface area contributed by atoms with E-state index in [9.17, 15) is 38.4 Å². The number of nitrogens with zero attached hydrogens (tertiary/aromatic N) is 2. The average molecular weight is 763 g/mol. The van der Waals surface area contributed by atoms with Gasteiger partial charge < -0.3 is 61.3 Å². The zero-order valence-corrected chi connectivity index (χ0v) is 30.5. The van der Waals surface area contributed by atoms with Gasteiger partial charge in [-0.2, -0.15) is 0 Å². The van der Waals surface area contributed by atoms with Crippen LogP contribution in [0.25, 0.3) is 0 Å². The number of phosphoric acid groups is 1. The van der Waals surface area contributed by atoms with Gasteiger partial charge in [-0.1, -0.05) is 13.8 Å². The molecule has 0 aliphatic carbocycles. The number of aliphatic hydroxyl groups is 1. The first kappa shape index (κ1) is 44.2. The largest absolute Gasteiger partial charge is 0.469 e. The summed E-state index contributed by atoms with van der Waals surface area (Å²) in [4.78, 5) is 105. The molecule has 0 aromatic carbocycles. The van der Waals surface area contributed by atoms with Gasteiger partial charge in [0.1, 0.15) is 30.2 Å². The number of amides is 6. The lowest BCUT2D eigenvalue weighted by atomic mass is 10.0. The standard InChI is InChI=1S/C30H51N8O13P/c1-17(2)12-20(35-30(45)23-6-5-8-38(23)24(40)7-9-50-11-10-49-4)27(42)34-21(13-19-14-32-16-33-19)28(43)36-22(15-39)29(44)37-25(26(31)41)18(3)51-52(46,47)48/h14,16-18,20-23,25,39H,5-13,15H2,1-4H3,(H2,31,41)(H,32,33)(H,34,42)(H,35,45)(H,36,43)(H,37,44)(H2,46,47,48)/t18?,20-,21-,22-,23-,25-/m0/s1. The number of nitrogens with two attached hydrogens (primary N) is 1. The van der Waals surface area contributed by atoms with Crippen LogP contribution in [-0.4, -0.2) is 142 Å². The summed E-state index contributed by atoms with van der Waals surface area (Å²) in [6, 6.07) is -6.84. The van der Waals surface area contributed by atoms with Crippen LogP contribution in [0.3, 0.4) is 0 Å². The number of hydrogen-bond donors (Lipinski definition) is 9. The normalized spacial score (nSPS) is 17.5. The highest BCUT2D eigenvalue weighted by molar-refractivity contribution is 7.46. The monoisotopic (exact) mass is 762 g/mol. The molecule has 21 nitrogen and oxygen atoms in total. The highest BCUT2D eigenvalue weighted by atomic mass is 31.2. The van der Waals surface area contributed by atoms with Crippen LogP contribution in [0.15, 0.2) is 12.5 Å². The lowest BCUT2D eigenvalue weighted by molar-refractivity contribution is -0.140. The predicted octanol–water partition coefficient (Wildman–Crippen LogP) is -3.04. The number of nitrogens with one attached hydrogen (secondary N) is 5. The molecule has 6 atom stereocenters. The molecule has 1 fully saturated rings. The summed E-state index contributed by atoms with van der Waals surface area (Å²) >= 11 is 0. The van der Waals surface area contributed by atoms with Crippen molar-refractivity contribution in [2.24, 2.45) is 11.7 Å². The van der Waals surface area contributed by atoms with E-state index in [0.29, 0.717) is 38.3 Å². The summed E-state index contributed by atoms with van der Waals surface area (Å²) < 4.78 is 26.0. The van der Waals surface area contributed by atoms with E-state index >= 15 is 0 Å². The number of H-pyrrole nitrogens is 1. The number of carbonyl (C=O) groups excluding carboxylic acids is 6. The lowest BCUT2D eigenvalue weighted by Gasteiger charge is -2.28. The number of methoxy groups -OCH3 is 1. The Balaban J connectivity index is 2.19. The molecule has 1 aromatic heterocycles. The van der Waals surface area contributed by atoms with E-state index in [4.69, 9.17) is 25.0 Å². The van der Waals surface area contributed by atoms with Crippen molar-refractivity contribution < 1.29 is 62.2 Å². The number of hydrogen-bond acceptors (Lipinski definition) is 12. The summed E-state index contributed by atoms with van der Waals surface area (Å²) in [6.07, 6.45) is 2.14. The molecule has 22 heteroatoms. The van der Waals surface area contributed by atoms with Crippen molar-refractivity contribution in [2.75, 3.05) is 40.1 Å². The molecule has 294 valence electrons. The Labute approximate surface area is 300 Å². The topological polar surface area (TPSA) is 314 Å². The molecule has 1 aliphatic rings. The highest BCUT2D eigenvalue weighted by Gasteiger charge is 2.37. The number of aromatic nitrogens is 2. The molecule has 0 bridgehead atoms. The maximum absolute atomic E-state index is 13.7. The molecule has 6 amide bonds. The van der Waals surface area contributed by atoms with E-state index in [1.807, 2.05) is 13.8 Å². The van der Waals surface area contributed by atoms with E-state index in [-0.39, 0.29) is 37.7 Å². The SMILES string of the molecule is COCCOCCC(=O)N1CCC[C@H]1C(=O)N[C@@H](CC(C)C)C(=O)N[C@@H](Cc1cnc[nH]1)C(=O)N[C@@H](CO)C(=O)N[C@H](C(N)=O)C(C)OP(=O)(O)O. The van der Waals surface area contributed by atoms with Crippen molar-refractivity contribution >= 4 is 43.3 Å². The molecular formula is C30H51N8O13P. The number of primary amides is 1. The first-order valence-corrected chi connectivity index (χ1v) is 18.2. The molecule has 1 unspecified atom stereocenters. The summed E-state index contributed by atoms with van der Waals surface area (Å²) in [5.41, 5.74) is 5.67. The third kappa shape index (κ3) is 14.9. The number of imidazole rings is 1. The summed E-state index contributed by atoms with van der Waals surface area (Å²) in [5, 5.41) is 19.6. The highest BCUT2D eigenvalue weighted by Crippen LogP contribution is 2.38. The number of likely N-dealkylation sites (tertiary alicyclic amines) is 1. The Morgan fingerprint density at radius 1 is 1.00 bits per heavy atom. The predicted molar refractivity (Wildman–Crippen MR) is 180 cm³/mol. The van der Waals surface area contributed by atoms with Gasteiger partial charge in [0.2, 0.25) is 35.4 Å². The van der Waals surface area contributed by atoms with E-state index in [1.165, 1.54) is 24.5 Å². The van der Waals surface area contributed by atoms with Gasteiger partial charge in [0.25, 0.3) is 0 Å². The van der Waals surface area contributed by atoms with Crippen LogP contribution < -0.4 is 27.0 Å². The maximum atomic E-state index is 13.7. The van der Waals surface area contributed by atoms with Crippen molar-refractivity contribution in [1.29, 1.82) is 0 Å². The first-order chi connectivity index (χ1) is 24.5. The van der Waals surface area contributed by atoms with Gasteiger partial charge in [-0.05, 0) is 32.1 Å². The van der Waals surface area contributed by atoms with Crippen LogP contribution in [0, 0.1) is 5.92 Å². The quantitative estimate of drug-likeness (QED) is 0.0396. The Morgan fingerprint density at radius 3 is 2.23 bits per heavy atom. The van der Waals surface area contributed by atoms with Crippen LogP contribution >= 0.6 is 7.82 Å². The van der Waals surface area contributed by atoms with Crippen LogP contribution in [0.1, 0.15) is 52.1 Å². The molecule has 1 aromatic rings. The average Bonchev–Trinajstić information content (AvgIpc) is 3.76. The minimum absolute atomic E-state index is 0.0596. The zero-order valence-electron chi connectivity index (χ0n) is 29.6. The Kier molecular flexibility index (Phi) is 18.3. The molecule has 0 radical (unpaired) electrons. The van der Waals surface area contributed by atoms with Crippen molar-refractivity contribution in [2.45, 2.75) is 89.2 Å². The molecule has 2 rings (SSSR count). The van der Waals surface area contributed by atoms with E-state index in [1.54, 1.807) is 0 Å². The number of aromatic amines is 1. The summed E-state index contributed by atoms with van der Waals surface area (Å²) in [5.74, 6) is -5.00. The number of carbonyl (C=O) groups is 6. The lowest BCUT2D eigenvalue weighted by Crippen LogP contribution is -2.61. The third-order valence-corrected chi connectivity index (χ3v) is 8.52. The number of phosphoric ester groups is 1. The minimum atomic E-state index is -5.09. The van der Waals surface area contributed by atoms with Crippen molar-refractivity contribution in [1.82, 2.24) is 36.1 Å². The third-order valence-electron chi connectivity index (χ3n) is 7.91. The van der Waals surface area contributed by atoms with E-state index in [0.717, 1.165) is 6.92 Å². The Hall–Kier alpha value is -3.98. The molecule has 1 saturated heterocycles. The van der Waals surface area contributed by atoms with Crippen LogP contribution in [0.4, 0.5) is 0 Å². The maximum Gasteiger partial charge on any atom is 0.469 e. The minimum Gasteiger partial charge on any atom is -0.394 e. The summed E-state index contributed by atoms with van der Waals surface area (Å²) in [6.45, 7) is 4.92. The second kappa shape index (κ2) is 21.5. The summed E-state index contributed by atoms with van der Waals surface area (Å²) in [7, 11) is -3.56. The Morgan fingerprint density at radius 2 is 1.65 bits per heavy atom. The van der Waals surface area contributed by atoms with Gasteiger partial charge in [-0.15, -0.1) is 0 Å². The van der Waals surface area contributed by atoms with Gasteiger partial charge in [0.15, 0.2) is 0 Å². The van der Waals surface area contributed by atoms with Crippen molar-refractivity contribution in [3.8, 4) is 0 Å². The van der Waals surface area contributed by atoms with E-state index < -0.39 is 80.3 Å². The van der Waals surface area contributed by atoms with Gasteiger partial charge in [-0.25, -0.2) is 9.55 Å². The molecule has 0 spiro atoms. The van der Waals surface area contributed by atoms with Gasteiger partial charge >= 0.3 is 7.82 Å². The first-order valence-electron chi connectivity index (χ1n) is 16.7. The van der Waals surface area contributed by atoms with Crippen molar-refractivity contribution in [3.63, 3.8) is 0 Å². The fourth-order valence-corrected chi connectivity index (χ4v) is 5.93. The second-order valence-electron chi connectivity index (χ2n) is 12.6. The van der Waals surface area contributed by atoms with E-state index in [2.05, 4.69) is 35.8 Å². The molecule has 10 N–H and O–H groups in total. The Bertz CT molecular complexity index is 1390. The fourth-order valence-electron chi connectivity index (χ4n) is 5.37. The molecular weight excluding hydrogens is 711 g/mol. The number of aliphatic hydroxyl groups excluding tert-OH is 1. The fraction of sp³-hybridized carbons (Fsp3) is 0.700. The molecule has 52 heavy (non-hydrogen) atoms. The van der Waals surface area contributed by atoms with Crippen LogP contribution in [0.5, 0.6) is 0 Å².